The predicted octanol–water partition coefficient (Wildman–Crippen LogP) is 7.13. The SMILES string of the molecule is COc1ccc(/C=N\NC(=O)C2CC2c2ccc(C(C)(C)C)cc2)cc1COc1cccc(Cl)c1Cl. The lowest BCUT2D eigenvalue weighted by atomic mass is 9.86. The Morgan fingerprint density at radius 3 is 2.53 bits per heavy atom. The lowest BCUT2D eigenvalue weighted by Crippen LogP contribution is -2.20. The minimum atomic E-state index is -0.0659. The molecule has 0 heterocycles. The largest absolute Gasteiger partial charge is 0.496 e. The Kier molecular flexibility index (Phi) is 7.91. The first-order valence-corrected chi connectivity index (χ1v) is 12.6. The molecule has 0 bridgehead atoms. The highest BCUT2D eigenvalue weighted by atomic mass is 35.5. The van der Waals surface area contributed by atoms with E-state index in [1.165, 1.54) is 11.1 Å². The second kappa shape index (κ2) is 10.9. The van der Waals surface area contributed by atoms with Crippen LogP contribution in [0, 0.1) is 5.92 Å². The maximum Gasteiger partial charge on any atom is 0.243 e. The van der Waals surface area contributed by atoms with E-state index in [1.54, 1.807) is 31.5 Å². The zero-order chi connectivity index (χ0) is 25.9. The van der Waals surface area contributed by atoms with Crippen LogP contribution in [-0.2, 0) is 16.8 Å². The van der Waals surface area contributed by atoms with Crippen LogP contribution in [0.4, 0.5) is 0 Å². The first kappa shape index (κ1) is 26.1. The summed E-state index contributed by atoms with van der Waals surface area (Å²) in [5.74, 6) is 1.29. The van der Waals surface area contributed by atoms with Gasteiger partial charge in [0.15, 0.2) is 0 Å². The Balaban J connectivity index is 1.35. The zero-order valence-electron chi connectivity index (χ0n) is 20.8. The van der Waals surface area contributed by atoms with Crippen molar-refractivity contribution >= 4 is 35.3 Å². The summed E-state index contributed by atoms with van der Waals surface area (Å²) >= 11 is 12.3. The van der Waals surface area contributed by atoms with Gasteiger partial charge in [0.2, 0.25) is 5.91 Å². The average molecular weight is 525 g/mol. The van der Waals surface area contributed by atoms with Crippen LogP contribution in [0.25, 0.3) is 0 Å². The molecule has 36 heavy (non-hydrogen) atoms. The molecule has 5 nitrogen and oxygen atoms in total. The smallest absolute Gasteiger partial charge is 0.243 e. The third-order valence-electron chi connectivity index (χ3n) is 6.32. The Labute approximate surface area is 222 Å². The van der Waals surface area contributed by atoms with E-state index in [1.807, 2.05) is 18.2 Å². The van der Waals surface area contributed by atoms with Crippen molar-refractivity contribution in [2.24, 2.45) is 11.0 Å². The van der Waals surface area contributed by atoms with Gasteiger partial charge in [-0.3, -0.25) is 4.79 Å². The van der Waals surface area contributed by atoms with Crippen molar-refractivity contribution < 1.29 is 14.3 Å². The van der Waals surface area contributed by atoms with Gasteiger partial charge < -0.3 is 9.47 Å². The number of rotatable bonds is 8. The van der Waals surface area contributed by atoms with Gasteiger partial charge in [0, 0.05) is 11.5 Å². The van der Waals surface area contributed by atoms with Crippen LogP contribution >= 0.6 is 23.2 Å². The molecule has 1 N–H and O–H groups in total. The monoisotopic (exact) mass is 524 g/mol. The van der Waals surface area contributed by atoms with E-state index in [0.717, 1.165) is 17.5 Å². The highest BCUT2D eigenvalue weighted by Gasteiger charge is 2.44. The molecule has 3 aromatic carbocycles. The number of methoxy groups -OCH3 is 1. The summed E-state index contributed by atoms with van der Waals surface area (Å²) < 4.78 is 11.3. The van der Waals surface area contributed by atoms with Gasteiger partial charge in [0.05, 0.1) is 18.3 Å². The minimum Gasteiger partial charge on any atom is -0.496 e. The molecule has 7 heteroatoms. The molecule has 1 amide bonds. The van der Waals surface area contributed by atoms with Crippen LogP contribution in [0.5, 0.6) is 11.5 Å². The average Bonchev–Trinajstić information content (AvgIpc) is 3.66. The summed E-state index contributed by atoms with van der Waals surface area (Å²) in [5, 5.41) is 4.96. The number of hydrogen-bond acceptors (Lipinski definition) is 4. The second-order valence-corrected chi connectivity index (χ2v) is 10.8. The highest BCUT2D eigenvalue weighted by molar-refractivity contribution is 6.42. The Hall–Kier alpha value is -3.02. The van der Waals surface area contributed by atoms with Gasteiger partial charge in [-0.15, -0.1) is 0 Å². The lowest BCUT2D eigenvalue weighted by molar-refractivity contribution is -0.122. The third-order valence-corrected chi connectivity index (χ3v) is 7.13. The second-order valence-electron chi connectivity index (χ2n) is 9.97. The van der Waals surface area contributed by atoms with E-state index >= 15 is 0 Å². The van der Waals surface area contributed by atoms with Crippen molar-refractivity contribution in [1.29, 1.82) is 0 Å². The zero-order valence-corrected chi connectivity index (χ0v) is 22.4. The molecule has 0 radical (unpaired) electrons. The highest BCUT2D eigenvalue weighted by Crippen LogP contribution is 2.47. The Morgan fingerprint density at radius 1 is 1.08 bits per heavy atom. The number of hydrazone groups is 1. The Bertz CT molecular complexity index is 1270. The van der Waals surface area contributed by atoms with E-state index in [0.29, 0.717) is 21.5 Å². The van der Waals surface area contributed by atoms with Crippen molar-refractivity contribution in [3.8, 4) is 11.5 Å². The predicted molar refractivity (Wildman–Crippen MR) is 146 cm³/mol. The van der Waals surface area contributed by atoms with Crippen LogP contribution in [0.3, 0.4) is 0 Å². The van der Waals surface area contributed by atoms with Crippen LogP contribution < -0.4 is 14.9 Å². The number of benzene rings is 3. The number of ether oxygens (including phenoxy) is 2. The summed E-state index contributed by atoms with van der Waals surface area (Å²) in [4.78, 5) is 12.6. The first-order valence-electron chi connectivity index (χ1n) is 11.8. The normalized spacial score (nSPS) is 17.2. The third kappa shape index (κ3) is 6.21. The molecule has 0 saturated heterocycles. The van der Waals surface area contributed by atoms with Crippen LogP contribution in [0.15, 0.2) is 65.8 Å². The summed E-state index contributed by atoms with van der Waals surface area (Å²) in [5.41, 5.74) is 6.90. The standard InChI is InChI=1S/C29H30Cl2N2O3/c1-29(2,3)21-11-9-19(10-12-21)22-15-23(22)28(34)33-32-16-18-8-13-25(35-4)20(14-18)17-36-26-7-5-6-24(30)27(26)31/h5-14,16,22-23H,15,17H2,1-4H3,(H,33,34)/b32-16-. The maximum atomic E-state index is 12.6. The molecule has 4 rings (SSSR count). The van der Waals surface area contributed by atoms with E-state index in [4.69, 9.17) is 32.7 Å². The van der Waals surface area contributed by atoms with E-state index in [2.05, 4.69) is 55.6 Å². The fourth-order valence-corrected chi connectivity index (χ4v) is 4.43. The molecule has 1 saturated carbocycles. The molecule has 2 atom stereocenters. The van der Waals surface area contributed by atoms with Gasteiger partial charge in [-0.2, -0.15) is 5.10 Å². The number of carbonyl (C=O) groups is 1. The van der Waals surface area contributed by atoms with Crippen molar-refractivity contribution in [2.45, 2.75) is 45.1 Å². The van der Waals surface area contributed by atoms with E-state index in [-0.39, 0.29) is 29.8 Å². The fraction of sp³-hybridized carbons (Fsp3) is 0.310. The lowest BCUT2D eigenvalue weighted by Gasteiger charge is -2.19. The minimum absolute atomic E-state index is 0.0510. The molecule has 0 aliphatic heterocycles. The molecule has 1 aliphatic carbocycles. The number of amides is 1. The van der Waals surface area contributed by atoms with Crippen molar-refractivity contribution in [3.63, 3.8) is 0 Å². The van der Waals surface area contributed by atoms with Gasteiger partial charge in [-0.05, 0) is 64.8 Å². The van der Waals surface area contributed by atoms with Crippen LogP contribution in [0.2, 0.25) is 10.0 Å². The van der Waals surface area contributed by atoms with Gasteiger partial charge in [-0.25, -0.2) is 5.43 Å². The fourth-order valence-electron chi connectivity index (χ4n) is 4.08. The van der Waals surface area contributed by atoms with Gasteiger partial charge in [-0.1, -0.05) is 74.3 Å². The van der Waals surface area contributed by atoms with Crippen LogP contribution in [-0.4, -0.2) is 19.2 Å². The summed E-state index contributed by atoms with van der Waals surface area (Å²) in [7, 11) is 1.60. The molecule has 0 spiro atoms. The number of halogens is 2. The molecule has 1 fully saturated rings. The molecular weight excluding hydrogens is 495 g/mol. The Morgan fingerprint density at radius 2 is 1.83 bits per heavy atom. The molecule has 3 aromatic rings. The molecular formula is C29H30Cl2N2O3. The van der Waals surface area contributed by atoms with Crippen molar-refractivity contribution in [1.82, 2.24) is 5.43 Å². The molecule has 1 aliphatic rings. The van der Waals surface area contributed by atoms with Gasteiger partial charge in [0.25, 0.3) is 0 Å². The first-order chi connectivity index (χ1) is 17.2. The number of hydrogen-bond donors (Lipinski definition) is 1. The quantitative estimate of drug-likeness (QED) is 0.251. The van der Waals surface area contributed by atoms with Crippen molar-refractivity contribution in [2.75, 3.05) is 7.11 Å². The van der Waals surface area contributed by atoms with Crippen molar-refractivity contribution in [3.05, 3.63) is 93.0 Å². The topological polar surface area (TPSA) is 59.9 Å². The maximum absolute atomic E-state index is 12.6. The van der Waals surface area contributed by atoms with E-state index < -0.39 is 0 Å². The molecule has 0 aromatic heterocycles. The summed E-state index contributed by atoms with van der Waals surface area (Å²) in [6.07, 6.45) is 2.45. The number of nitrogens with one attached hydrogen (secondary N) is 1. The van der Waals surface area contributed by atoms with Gasteiger partial charge >= 0.3 is 0 Å². The number of nitrogens with zero attached hydrogens (tertiary/aromatic N) is 1. The summed E-state index contributed by atoms with van der Waals surface area (Å²) in [6, 6.07) is 19.4. The van der Waals surface area contributed by atoms with Crippen LogP contribution in [0.1, 0.15) is 55.4 Å². The van der Waals surface area contributed by atoms with E-state index in [9.17, 15) is 4.79 Å². The van der Waals surface area contributed by atoms with Gasteiger partial charge in [0.1, 0.15) is 23.1 Å². The molecule has 188 valence electrons. The molecule has 2 unspecified atom stereocenters. The number of carbonyl (C=O) groups excluding carboxylic acids is 1. The summed E-state index contributed by atoms with van der Waals surface area (Å²) in [6.45, 7) is 6.82.